The van der Waals surface area contributed by atoms with E-state index in [0.717, 1.165) is 29.1 Å². The Hall–Kier alpha value is -1.43. The molecule has 2 heterocycles. The quantitative estimate of drug-likeness (QED) is 0.675. The Morgan fingerprint density at radius 3 is 2.29 bits per heavy atom. The fourth-order valence-electron chi connectivity index (χ4n) is 3.88. The fraction of sp³-hybridized carbons (Fsp3) is 0.773. The van der Waals surface area contributed by atoms with Gasteiger partial charge in [0.05, 0.1) is 5.01 Å². The highest BCUT2D eigenvalue weighted by molar-refractivity contribution is 7.12. The third-order valence-electron chi connectivity index (χ3n) is 6.50. The van der Waals surface area contributed by atoms with Crippen molar-refractivity contribution in [1.29, 1.82) is 0 Å². The van der Waals surface area contributed by atoms with E-state index in [2.05, 4.69) is 27.7 Å². The average molecular weight is 407 g/mol. The van der Waals surface area contributed by atoms with Gasteiger partial charge in [-0.2, -0.15) is 0 Å². The number of thiazole rings is 1. The number of rotatable bonds is 2. The maximum atomic E-state index is 12.9. The van der Waals surface area contributed by atoms with Gasteiger partial charge in [0.25, 0.3) is 0 Å². The summed E-state index contributed by atoms with van der Waals surface area (Å²) in [5.41, 5.74) is 0.155. The molecule has 3 rings (SSSR count). The largest absolute Gasteiger partial charge is 0.444 e. The lowest BCUT2D eigenvalue weighted by atomic mass is 9.68. The molecule has 1 aliphatic heterocycles. The van der Waals surface area contributed by atoms with Crippen LogP contribution in [0.25, 0.3) is 0 Å². The second kappa shape index (κ2) is 7.12. The molecule has 0 bridgehead atoms. The van der Waals surface area contributed by atoms with Crippen molar-refractivity contribution in [2.24, 2.45) is 11.3 Å². The van der Waals surface area contributed by atoms with Gasteiger partial charge in [-0.3, -0.25) is 4.79 Å². The molecule has 5 nitrogen and oxygen atoms in total. The smallest absolute Gasteiger partial charge is 0.410 e. The molecule has 0 unspecified atom stereocenters. The summed E-state index contributed by atoms with van der Waals surface area (Å²) in [5, 5.41) is 1.07. The lowest BCUT2D eigenvalue weighted by molar-refractivity contribution is 0.00894. The number of hydrogen-bond acceptors (Lipinski definition) is 5. The molecule has 1 aliphatic carbocycles. The van der Waals surface area contributed by atoms with Crippen LogP contribution in [0.3, 0.4) is 0 Å². The first kappa shape index (κ1) is 21.3. The monoisotopic (exact) mass is 406 g/mol. The van der Waals surface area contributed by atoms with E-state index in [0.29, 0.717) is 31.1 Å². The van der Waals surface area contributed by atoms with Crippen molar-refractivity contribution in [2.75, 3.05) is 13.1 Å². The number of aromatic nitrogens is 1. The Labute approximate surface area is 172 Å². The highest BCUT2D eigenvalue weighted by Crippen LogP contribution is 2.47. The molecule has 0 N–H and O–H groups in total. The fourth-order valence-corrected chi connectivity index (χ4v) is 5.39. The van der Waals surface area contributed by atoms with Gasteiger partial charge in [0.1, 0.15) is 11.3 Å². The third kappa shape index (κ3) is 4.12. The van der Waals surface area contributed by atoms with Crippen molar-refractivity contribution in [2.45, 2.75) is 85.2 Å². The molecule has 6 heteroatoms. The SMILES string of the molecule is CC(C)C(C)(C)c1nc2c(s1)CC1(CCN(C(=O)OC(C)(C)C)CC1)CC2=O. The first-order chi connectivity index (χ1) is 12.8. The second-order valence-corrected chi connectivity index (χ2v) is 11.5. The van der Waals surface area contributed by atoms with Crippen molar-refractivity contribution >= 4 is 23.2 Å². The van der Waals surface area contributed by atoms with E-state index in [4.69, 9.17) is 9.72 Å². The number of amides is 1. The number of Topliss-reactive ketones (excluding diaryl/α,β-unsaturated/α-hetero) is 1. The zero-order valence-corrected chi connectivity index (χ0v) is 19.2. The second-order valence-electron chi connectivity index (χ2n) is 10.4. The minimum atomic E-state index is -0.482. The van der Waals surface area contributed by atoms with Crippen molar-refractivity contribution < 1.29 is 14.3 Å². The Morgan fingerprint density at radius 2 is 1.75 bits per heavy atom. The van der Waals surface area contributed by atoms with Crippen LogP contribution in [0.5, 0.6) is 0 Å². The normalized spacial score (nSPS) is 19.9. The van der Waals surface area contributed by atoms with E-state index in [1.807, 2.05) is 20.8 Å². The van der Waals surface area contributed by atoms with Crippen molar-refractivity contribution in [1.82, 2.24) is 9.88 Å². The van der Waals surface area contributed by atoms with Gasteiger partial charge in [-0.05, 0) is 51.4 Å². The summed E-state index contributed by atoms with van der Waals surface area (Å²) >= 11 is 1.72. The maximum absolute atomic E-state index is 12.9. The third-order valence-corrected chi connectivity index (χ3v) is 7.90. The topological polar surface area (TPSA) is 59.5 Å². The number of nitrogens with zero attached hydrogens (tertiary/aromatic N) is 2. The van der Waals surface area contributed by atoms with E-state index in [9.17, 15) is 9.59 Å². The number of fused-ring (bicyclic) bond motifs is 1. The number of carbonyl (C=O) groups is 2. The van der Waals surface area contributed by atoms with E-state index in [-0.39, 0.29) is 22.7 Å². The van der Waals surface area contributed by atoms with Gasteiger partial charge in [-0.15, -0.1) is 11.3 Å². The minimum Gasteiger partial charge on any atom is -0.444 e. The highest BCUT2D eigenvalue weighted by atomic mass is 32.1. The summed E-state index contributed by atoms with van der Waals surface area (Å²) in [6.07, 6.45) is 2.90. The van der Waals surface area contributed by atoms with Crippen molar-refractivity contribution in [3.63, 3.8) is 0 Å². The predicted octanol–water partition coefficient (Wildman–Crippen LogP) is 5.22. The zero-order chi connectivity index (χ0) is 20.9. The van der Waals surface area contributed by atoms with Gasteiger partial charge < -0.3 is 9.64 Å². The number of likely N-dealkylation sites (tertiary alicyclic amines) is 1. The van der Waals surface area contributed by atoms with Crippen LogP contribution < -0.4 is 0 Å². The maximum Gasteiger partial charge on any atom is 0.410 e. The molecule has 0 atom stereocenters. The zero-order valence-electron chi connectivity index (χ0n) is 18.3. The minimum absolute atomic E-state index is 0.0322. The lowest BCUT2D eigenvalue weighted by Crippen LogP contribution is -2.47. The number of hydrogen-bond donors (Lipinski definition) is 0. The first-order valence-corrected chi connectivity index (χ1v) is 11.2. The molecular weight excluding hydrogens is 372 g/mol. The Balaban J connectivity index is 1.73. The molecule has 1 aromatic heterocycles. The summed E-state index contributed by atoms with van der Waals surface area (Å²) in [7, 11) is 0. The Bertz CT molecular complexity index is 765. The van der Waals surface area contributed by atoms with Crippen LogP contribution in [0.2, 0.25) is 0 Å². The molecule has 28 heavy (non-hydrogen) atoms. The molecule has 0 aromatic carbocycles. The van der Waals surface area contributed by atoms with E-state index < -0.39 is 5.60 Å². The summed E-state index contributed by atoms with van der Waals surface area (Å²) in [5.74, 6) is 0.634. The molecule has 1 amide bonds. The molecular formula is C22H34N2O3S. The van der Waals surface area contributed by atoms with Gasteiger partial charge >= 0.3 is 6.09 Å². The molecule has 1 saturated heterocycles. The number of ether oxygens (including phenoxy) is 1. The summed E-state index contributed by atoms with van der Waals surface area (Å²) < 4.78 is 5.51. The van der Waals surface area contributed by atoms with Crippen LogP contribution in [-0.4, -0.2) is 40.5 Å². The van der Waals surface area contributed by atoms with Gasteiger partial charge in [0.15, 0.2) is 5.78 Å². The molecule has 1 spiro atoms. The van der Waals surface area contributed by atoms with E-state index in [1.165, 1.54) is 0 Å². The van der Waals surface area contributed by atoms with Gasteiger partial charge in [-0.1, -0.05) is 27.7 Å². The lowest BCUT2D eigenvalue weighted by Gasteiger charge is -2.43. The standard InChI is InChI=1S/C22H34N2O3S/c1-14(2)21(6,7)18-23-17-15(25)12-22(13-16(17)28-18)8-10-24(11-9-22)19(26)27-20(3,4)5/h14H,8-13H2,1-7H3. The van der Waals surface area contributed by atoms with Crippen LogP contribution in [-0.2, 0) is 16.6 Å². The Kier molecular flexibility index (Phi) is 5.41. The molecule has 0 saturated carbocycles. The van der Waals surface area contributed by atoms with E-state index in [1.54, 1.807) is 16.2 Å². The van der Waals surface area contributed by atoms with Crippen LogP contribution in [0.4, 0.5) is 4.79 Å². The van der Waals surface area contributed by atoms with Gasteiger partial charge in [0.2, 0.25) is 0 Å². The summed E-state index contributed by atoms with van der Waals surface area (Å²) in [6, 6.07) is 0. The van der Waals surface area contributed by atoms with Crippen LogP contribution >= 0.6 is 11.3 Å². The van der Waals surface area contributed by atoms with Gasteiger partial charge in [0, 0.05) is 29.8 Å². The number of piperidine rings is 1. The summed E-state index contributed by atoms with van der Waals surface area (Å²) in [6.45, 7) is 15.8. The van der Waals surface area contributed by atoms with Crippen LogP contribution in [0, 0.1) is 11.3 Å². The van der Waals surface area contributed by atoms with Crippen LogP contribution in [0.1, 0.15) is 88.1 Å². The average Bonchev–Trinajstić information content (AvgIpc) is 2.98. The summed E-state index contributed by atoms with van der Waals surface area (Å²) in [4.78, 5) is 33.0. The predicted molar refractivity (Wildman–Crippen MR) is 112 cm³/mol. The molecule has 2 aliphatic rings. The first-order valence-electron chi connectivity index (χ1n) is 10.3. The molecule has 0 radical (unpaired) electrons. The Morgan fingerprint density at radius 1 is 1.14 bits per heavy atom. The number of carbonyl (C=O) groups excluding carboxylic acids is 2. The van der Waals surface area contributed by atoms with Crippen molar-refractivity contribution in [3.05, 3.63) is 15.6 Å². The highest BCUT2D eigenvalue weighted by Gasteiger charge is 2.44. The molecule has 1 fully saturated rings. The van der Waals surface area contributed by atoms with Crippen LogP contribution in [0.15, 0.2) is 0 Å². The number of ketones is 1. The molecule has 1 aromatic rings. The van der Waals surface area contributed by atoms with Gasteiger partial charge in [-0.25, -0.2) is 9.78 Å². The molecule has 156 valence electrons. The van der Waals surface area contributed by atoms with Crippen molar-refractivity contribution in [3.8, 4) is 0 Å². The van der Waals surface area contributed by atoms with E-state index >= 15 is 0 Å².